The van der Waals surface area contributed by atoms with Gasteiger partial charge in [0.1, 0.15) is 10.7 Å². The van der Waals surface area contributed by atoms with Crippen LogP contribution in [0.3, 0.4) is 0 Å². The van der Waals surface area contributed by atoms with Crippen molar-refractivity contribution in [1.82, 2.24) is 29.8 Å². The molecule has 0 aliphatic rings. The van der Waals surface area contributed by atoms with Gasteiger partial charge < -0.3 is 0 Å². The quantitative estimate of drug-likeness (QED) is 0.539. The largest absolute Gasteiger partial charge is 0.260 e. The molecule has 0 unspecified atom stereocenters. The van der Waals surface area contributed by atoms with E-state index in [4.69, 9.17) is 0 Å². The summed E-state index contributed by atoms with van der Waals surface area (Å²) in [6, 6.07) is 15.4. The summed E-state index contributed by atoms with van der Waals surface area (Å²) in [5.74, 6) is 1.40. The number of thioether (sulfide) groups is 1. The summed E-state index contributed by atoms with van der Waals surface area (Å²) >= 11 is 1.63. The minimum absolute atomic E-state index is 0.640. The van der Waals surface area contributed by atoms with E-state index in [1.807, 2.05) is 48.5 Å². The van der Waals surface area contributed by atoms with Gasteiger partial charge in [0.05, 0.1) is 5.69 Å². The van der Waals surface area contributed by atoms with Crippen LogP contribution < -0.4 is 0 Å². The monoisotopic (exact) mass is 320 g/mol. The lowest BCUT2D eigenvalue weighted by molar-refractivity contribution is 0.856. The van der Waals surface area contributed by atoms with E-state index in [1.165, 1.54) is 0 Å². The highest BCUT2D eigenvalue weighted by Crippen LogP contribution is 2.21. The maximum absolute atomic E-state index is 4.61. The van der Waals surface area contributed by atoms with E-state index in [0.29, 0.717) is 11.5 Å². The van der Waals surface area contributed by atoms with Gasteiger partial charge in [-0.15, -0.1) is 10.2 Å². The number of fused-ring (bicyclic) bond motifs is 1. The van der Waals surface area contributed by atoms with Crippen molar-refractivity contribution in [3.63, 3.8) is 0 Å². The average Bonchev–Trinajstić information content (AvgIpc) is 3.05. The molecular weight excluding hydrogens is 308 g/mol. The average molecular weight is 320 g/mol. The fourth-order valence-corrected chi connectivity index (χ4v) is 2.91. The summed E-state index contributed by atoms with van der Waals surface area (Å²) in [4.78, 5) is 8.64. The van der Waals surface area contributed by atoms with Crippen LogP contribution in [-0.4, -0.2) is 29.8 Å². The highest BCUT2D eigenvalue weighted by molar-refractivity contribution is 7.98. The van der Waals surface area contributed by atoms with Crippen LogP contribution in [0.2, 0.25) is 0 Å². The van der Waals surface area contributed by atoms with Crippen LogP contribution in [0, 0.1) is 0 Å². The van der Waals surface area contributed by atoms with Gasteiger partial charge in [-0.05, 0) is 36.4 Å². The van der Waals surface area contributed by atoms with E-state index in [9.17, 15) is 0 Å². The topological polar surface area (TPSA) is 68.9 Å². The molecule has 23 heavy (non-hydrogen) atoms. The Labute approximate surface area is 136 Å². The van der Waals surface area contributed by atoms with E-state index in [1.54, 1.807) is 28.7 Å². The second kappa shape index (κ2) is 6.13. The number of hydrogen-bond acceptors (Lipinski definition) is 6. The maximum atomic E-state index is 4.61. The van der Waals surface area contributed by atoms with E-state index >= 15 is 0 Å². The molecule has 0 aromatic carbocycles. The van der Waals surface area contributed by atoms with Gasteiger partial charge in [-0.2, -0.15) is 9.61 Å². The second-order valence-electron chi connectivity index (χ2n) is 4.79. The minimum atomic E-state index is 0.640. The first-order valence-electron chi connectivity index (χ1n) is 7.07. The molecule has 6 nitrogen and oxygen atoms in total. The molecule has 4 heterocycles. The number of aromatic nitrogens is 6. The summed E-state index contributed by atoms with van der Waals surface area (Å²) in [5, 5.41) is 13.8. The van der Waals surface area contributed by atoms with Crippen molar-refractivity contribution in [3.8, 4) is 11.5 Å². The van der Waals surface area contributed by atoms with E-state index in [-0.39, 0.29) is 0 Å². The third-order valence-corrected chi connectivity index (χ3v) is 4.18. The van der Waals surface area contributed by atoms with Gasteiger partial charge >= 0.3 is 0 Å². The highest BCUT2D eigenvalue weighted by atomic mass is 32.2. The molecule has 4 aromatic rings. The Balaban J connectivity index is 1.65. The lowest BCUT2D eigenvalue weighted by atomic mass is 10.3. The van der Waals surface area contributed by atoms with Crippen molar-refractivity contribution in [1.29, 1.82) is 0 Å². The van der Waals surface area contributed by atoms with Gasteiger partial charge in [-0.1, -0.05) is 23.9 Å². The summed E-state index contributed by atoms with van der Waals surface area (Å²) < 4.78 is 1.73. The first kappa shape index (κ1) is 13.8. The van der Waals surface area contributed by atoms with Crippen molar-refractivity contribution in [2.45, 2.75) is 10.8 Å². The molecule has 0 amide bonds. The molecule has 4 aromatic heterocycles. The zero-order chi connectivity index (χ0) is 15.5. The third kappa shape index (κ3) is 2.91. The summed E-state index contributed by atoms with van der Waals surface area (Å²) in [7, 11) is 0. The molecule has 0 atom stereocenters. The smallest absolute Gasteiger partial charge is 0.203 e. The van der Waals surface area contributed by atoms with Crippen LogP contribution in [-0.2, 0) is 5.75 Å². The SMILES string of the molecule is c1ccc(CSc2ccc3nnc(-c4ccccn4)n3n2)nc1. The summed E-state index contributed by atoms with van der Waals surface area (Å²) in [6.07, 6.45) is 3.53. The number of pyridine rings is 2. The van der Waals surface area contributed by atoms with Gasteiger partial charge in [0.15, 0.2) is 5.65 Å². The lowest BCUT2D eigenvalue weighted by Gasteiger charge is -2.02. The van der Waals surface area contributed by atoms with Crippen molar-refractivity contribution in [2.75, 3.05) is 0 Å². The van der Waals surface area contributed by atoms with Crippen LogP contribution in [0.1, 0.15) is 5.69 Å². The van der Waals surface area contributed by atoms with E-state index in [2.05, 4.69) is 25.3 Å². The Morgan fingerprint density at radius 2 is 1.74 bits per heavy atom. The van der Waals surface area contributed by atoms with Gasteiger partial charge in [-0.3, -0.25) is 9.97 Å². The molecule has 0 bridgehead atoms. The molecule has 4 rings (SSSR count). The standard InChI is InChI=1S/C16H12N6S/c1-3-9-17-12(5-1)11-23-15-8-7-14-19-20-16(22(14)21-15)13-6-2-4-10-18-13/h1-10H,11H2. The molecule has 0 saturated carbocycles. The molecule has 7 heteroatoms. The van der Waals surface area contributed by atoms with Crippen LogP contribution >= 0.6 is 11.8 Å². The zero-order valence-corrected chi connectivity index (χ0v) is 12.9. The fraction of sp³-hybridized carbons (Fsp3) is 0.0625. The molecule has 0 radical (unpaired) electrons. The predicted octanol–water partition coefficient (Wildman–Crippen LogP) is 2.87. The fourth-order valence-electron chi connectivity index (χ4n) is 2.14. The second-order valence-corrected chi connectivity index (χ2v) is 5.79. The normalized spacial score (nSPS) is 11.0. The van der Waals surface area contributed by atoms with E-state index in [0.717, 1.165) is 22.2 Å². The van der Waals surface area contributed by atoms with Gasteiger partial charge in [0, 0.05) is 18.1 Å². The van der Waals surface area contributed by atoms with Crippen molar-refractivity contribution >= 4 is 17.4 Å². The van der Waals surface area contributed by atoms with Crippen LogP contribution in [0.4, 0.5) is 0 Å². The van der Waals surface area contributed by atoms with Gasteiger partial charge in [0.25, 0.3) is 0 Å². The summed E-state index contributed by atoms with van der Waals surface area (Å²) in [6.45, 7) is 0. The van der Waals surface area contributed by atoms with Gasteiger partial charge in [0.2, 0.25) is 5.82 Å². The molecule has 0 aliphatic heterocycles. The number of nitrogens with zero attached hydrogens (tertiary/aromatic N) is 6. The highest BCUT2D eigenvalue weighted by Gasteiger charge is 2.11. The molecule has 0 fully saturated rings. The van der Waals surface area contributed by atoms with E-state index < -0.39 is 0 Å². The van der Waals surface area contributed by atoms with Crippen LogP contribution in [0.15, 0.2) is 66.0 Å². The Morgan fingerprint density at radius 1 is 0.870 bits per heavy atom. The molecule has 0 N–H and O–H groups in total. The van der Waals surface area contributed by atoms with Gasteiger partial charge in [-0.25, -0.2) is 0 Å². The Morgan fingerprint density at radius 3 is 2.52 bits per heavy atom. The van der Waals surface area contributed by atoms with Crippen LogP contribution in [0.5, 0.6) is 0 Å². The number of hydrogen-bond donors (Lipinski definition) is 0. The molecule has 0 aliphatic carbocycles. The third-order valence-electron chi connectivity index (χ3n) is 3.23. The Bertz CT molecular complexity index is 923. The molecular formula is C16H12N6S. The first-order valence-corrected chi connectivity index (χ1v) is 8.05. The molecule has 112 valence electrons. The predicted molar refractivity (Wildman–Crippen MR) is 87.8 cm³/mol. The van der Waals surface area contributed by atoms with Crippen LogP contribution in [0.25, 0.3) is 17.2 Å². The number of rotatable bonds is 4. The first-order chi connectivity index (χ1) is 11.4. The Hall–Kier alpha value is -2.80. The van der Waals surface area contributed by atoms with Crippen molar-refractivity contribution < 1.29 is 0 Å². The van der Waals surface area contributed by atoms with Crippen molar-refractivity contribution in [3.05, 3.63) is 66.6 Å². The molecule has 0 spiro atoms. The summed E-state index contributed by atoms with van der Waals surface area (Å²) in [5.41, 5.74) is 2.47. The molecule has 0 saturated heterocycles. The zero-order valence-electron chi connectivity index (χ0n) is 12.1. The Kier molecular flexibility index (Phi) is 3.69. The van der Waals surface area contributed by atoms with Crippen molar-refractivity contribution in [2.24, 2.45) is 0 Å². The maximum Gasteiger partial charge on any atom is 0.203 e. The minimum Gasteiger partial charge on any atom is -0.260 e. The lowest BCUT2D eigenvalue weighted by Crippen LogP contribution is -1.97.